The van der Waals surface area contributed by atoms with E-state index in [1.54, 1.807) is 6.33 Å². The number of hydrogen-bond donors (Lipinski definition) is 2. The molecule has 0 fully saturated rings. The van der Waals surface area contributed by atoms with Gasteiger partial charge in [0.15, 0.2) is 0 Å². The van der Waals surface area contributed by atoms with Crippen molar-refractivity contribution in [3.8, 4) is 0 Å². The molecule has 0 atom stereocenters. The predicted molar refractivity (Wildman–Crippen MR) is 86.8 cm³/mol. The van der Waals surface area contributed by atoms with Gasteiger partial charge in [0.2, 0.25) is 0 Å². The van der Waals surface area contributed by atoms with Crippen molar-refractivity contribution in [3.63, 3.8) is 0 Å². The molecule has 0 unspecified atom stereocenters. The van der Waals surface area contributed by atoms with Crippen LogP contribution in [0.4, 0.5) is 11.6 Å². The largest absolute Gasteiger partial charge is 0.370 e. The van der Waals surface area contributed by atoms with Crippen LogP contribution < -0.4 is 10.6 Å². The van der Waals surface area contributed by atoms with Crippen LogP contribution in [0.3, 0.4) is 0 Å². The summed E-state index contributed by atoms with van der Waals surface area (Å²) in [5, 5.41) is 6.94. The molecular formula is C17H22N4. The summed E-state index contributed by atoms with van der Waals surface area (Å²) in [4.78, 5) is 8.74. The van der Waals surface area contributed by atoms with Crippen molar-refractivity contribution >= 4 is 11.6 Å². The highest BCUT2D eigenvalue weighted by atomic mass is 15.1. The van der Waals surface area contributed by atoms with Gasteiger partial charge in [0.1, 0.15) is 18.0 Å². The molecular weight excluding hydrogens is 260 g/mol. The Morgan fingerprint density at radius 1 is 1.10 bits per heavy atom. The van der Waals surface area contributed by atoms with Crippen molar-refractivity contribution in [2.24, 2.45) is 0 Å². The summed E-state index contributed by atoms with van der Waals surface area (Å²) in [6, 6.07) is 9.10. The van der Waals surface area contributed by atoms with Crippen molar-refractivity contribution in [2.45, 2.75) is 39.2 Å². The quantitative estimate of drug-likeness (QED) is 0.884. The van der Waals surface area contributed by atoms with E-state index < -0.39 is 0 Å². The van der Waals surface area contributed by atoms with Crippen LogP contribution in [0.1, 0.15) is 30.0 Å². The average molecular weight is 282 g/mol. The lowest BCUT2D eigenvalue weighted by Crippen LogP contribution is -2.21. The van der Waals surface area contributed by atoms with Crippen LogP contribution in [0, 0.1) is 6.92 Å². The van der Waals surface area contributed by atoms with Gasteiger partial charge in [-0.15, -0.1) is 0 Å². The van der Waals surface area contributed by atoms with Crippen molar-refractivity contribution in [2.75, 3.05) is 17.2 Å². The van der Waals surface area contributed by atoms with Crippen molar-refractivity contribution in [1.82, 2.24) is 9.97 Å². The Balaban J connectivity index is 1.72. The maximum Gasteiger partial charge on any atom is 0.134 e. The Bertz CT molecular complexity index is 599. The first kappa shape index (κ1) is 13.9. The minimum Gasteiger partial charge on any atom is -0.370 e. The van der Waals surface area contributed by atoms with Crippen LogP contribution in [0.15, 0.2) is 30.6 Å². The lowest BCUT2D eigenvalue weighted by Gasteiger charge is -2.16. The van der Waals surface area contributed by atoms with E-state index in [1.165, 1.54) is 11.1 Å². The molecule has 0 aliphatic heterocycles. The molecule has 3 rings (SSSR count). The molecule has 110 valence electrons. The van der Waals surface area contributed by atoms with Gasteiger partial charge >= 0.3 is 0 Å². The summed E-state index contributed by atoms with van der Waals surface area (Å²) in [5.41, 5.74) is 4.00. The van der Waals surface area contributed by atoms with Crippen molar-refractivity contribution in [3.05, 3.63) is 47.3 Å². The van der Waals surface area contributed by atoms with E-state index in [0.717, 1.165) is 43.0 Å². The zero-order chi connectivity index (χ0) is 14.7. The molecule has 4 heteroatoms. The summed E-state index contributed by atoms with van der Waals surface area (Å²) in [5.74, 6) is 1.88. The molecule has 0 radical (unpaired) electrons. The Hall–Kier alpha value is -2.10. The van der Waals surface area contributed by atoms with E-state index in [9.17, 15) is 0 Å². The monoisotopic (exact) mass is 282 g/mol. The van der Waals surface area contributed by atoms with E-state index in [2.05, 4.69) is 58.7 Å². The third kappa shape index (κ3) is 2.99. The maximum absolute atomic E-state index is 4.41. The smallest absolute Gasteiger partial charge is 0.134 e. The number of fused-ring (bicyclic) bond motifs is 1. The Labute approximate surface area is 126 Å². The van der Waals surface area contributed by atoms with Crippen molar-refractivity contribution < 1.29 is 0 Å². The molecule has 2 aromatic rings. The molecule has 2 N–H and O–H groups in total. The number of nitrogens with one attached hydrogen (secondary N) is 2. The van der Waals surface area contributed by atoms with Gasteiger partial charge in [0.05, 0.1) is 0 Å². The van der Waals surface area contributed by atoms with E-state index in [-0.39, 0.29) is 0 Å². The second-order valence-electron chi connectivity index (χ2n) is 5.64. The van der Waals surface area contributed by atoms with Gasteiger partial charge in [-0.3, -0.25) is 0 Å². The first-order chi connectivity index (χ1) is 10.3. The number of rotatable bonds is 5. The second-order valence-corrected chi connectivity index (χ2v) is 5.64. The molecule has 1 aliphatic carbocycles. The molecule has 1 aliphatic rings. The standard InChI is InChI=1S/C17H22N4/c1-3-8-18-16-12(2)17(20-11-19-16)21-15-9-13-6-4-5-7-14(13)10-15/h4-7,11,15H,3,8-10H2,1-2H3,(H2,18,19,20,21). The van der Waals surface area contributed by atoms with Gasteiger partial charge in [-0.1, -0.05) is 31.2 Å². The fourth-order valence-corrected chi connectivity index (χ4v) is 2.87. The van der Waals surface area contributed by atoms with Gasteiger partial charge in [-0.05, 0) is 37.3 Å². The molecule has 1 aromatic heterocycles. The number of aromatic nitrogens is 2. The fourth-order valence-electron chi connectivity index (χ4n) is 2.87. The van der Waals surface area contributed by atoms with E-state index in [0.29, 0.717) is 6.04 Å². The highest BCUT2D eigenvalue weighted by molar-refractivity contribution is 5.57. The number of hydrogen-bond acceptors (Lipinski definition) is 4. The third-order valence-electron chi connectivity index (χ3n) is 4.02. The van der Waals surface area contributed by atoms with Crippen LogP contribution >= 0.6 is 0 Å². The van der Waals surface area contributed by atoms with Gasteiger partial charge < -0.3 is 10.6 Å². The van der Waals surface area contributed by atoms with Crippen LogP contribution in [0.25, 0.3) is 0 Å². The lowest BCUT2D eigenvalue weighted by atomic mass is 10.1. The number of nitrogens with zero attached hydrogens (tertiary/aromatic N) is 2. The third-order valence-corrected chi connectivity index (χ3v) is 4.02. The summed E-state index contributed by atoms with van der Waals surface area (Å²) in [7, 11) is 0. The highest BCUT2D eigenvalue weighted by Crippen LogP contribution is 2.26. The van der Waals surface area contributed by atoms with Crippen LogP contribution in [0.5, 0.6) is 0 Å². The molecule has 21 heavy (non-hydrogen) atoms. The molecule has 0 bridgehead atoms. The Morgan fingerprint density at radius 2 is 1.76 bits per heavy atom. The molecule has 0 saturated heterocycles. The van der Waals surface area contributed by atoms with Crippen LogP contribution in [-0.4, -0.2) is 22.6 Å². The number of benzene rings is 1. The molecule has 4 nitrogen and oxygen atoms in total. The predicted octanol–water partition coefficient (Wildman–Crippen LogP) is 3.19. The van der Waals surface area contributed by atoms with Gasteiger partial charge in [-0.25, -0.2) is 9.97 Å². The molecule has 0 spiro atoms. The van der Waals surface area contributed by atoms with Crippen molar-refractivity contribution in [1.29, 1.82) is 0 Å². The van der Waals surface area contributed by atoms with Crippen LogP contribution in [-0.2, 0) is 12.8 Å². The summed E-state index contributed by atoms with van der Waals surface area (Å²) in [6.07, 6.45) is 4.86. The van der Waals surface area contributed by atoms with Gasteiger partial charge in [-0.2, -0.15) is 0 Å². The maximum atomic E-state index is 4.41. The minimum atomic E-state index is 0.426. The molecule has 0 amide bonds. The molecule has 0 saturated carbocycles. The minimum absolute atomic E-state index is 0.426. The summed E-state index contributed by atoms with van der Waals surface area (Å²) < 4.78 is 0. The summed E-state index contributed by atoms with van der Waals surface area (Å²) >= 11 is 0. The SMILES string of the molecule is CCCNc1ncnc(NC2Cc3ccccc3C2)c1C. The Kier molecular flexibility index (Phi) is 4.04. The van der Waals surface area contributed by atoms with E-state index in [4.69, 9.17) is 0 Å². The molecule has 1 aromatic carbocycles. The van der Waals surface area contributed by atoms with Gasteiger partial charge in [0, 0.05) is 18.2 Å². The Morgan fingerprint density at radius 3 is 2.43 bits per heavy atom. The number of anilines is 2. The van der Waals surface area contributed by atoms with E-state index in [1.807, 2.05) is 0 Å². The zero-order valence-electron chi connectivity index (χ0n) is 12.7. The first-order valence-corrected chi connectivity index (χ1v) is 7.66. The highest BCUT2D eigenvalue weighted by Gasteiger charge is 2.21. The second kappa shape index (κ2) is 6.12. The van der Waals surface area contributed by atoms with E-state index >= 15 is 0 Å². The fraction of sp³-hybridized carbons (Fsp3) is 0.412. The van der Waals surface area contributed by atoms with Crippen LogP contribution in [0.2, 0.25) is 0 Å². The lowest BCUT2D eigenvalue weighted by molar-refractivity contribution is 0.766. The summed E-state index contributed by atoms with van der Waals surface area (Å²) in [6.45, 7) is 5.16. The zero-order valence-corrected chi connectivity index (χ0v) is 12.7. The van der Waals surface area contributed by atoms with Gasteiger partial charge in [0.25, 0.3) is 0 Å². The average Bonchev–Trinajstić information content (AvgIpc) is 2.90. The topological polar surface area (TPSA) is 49.8 Å². The first-order valence-electron chi connectivity index (χ1n) is 7.66. The normalized spacial score (nSPS) is 14.0. The molecule has 1 heterocycles.